The predicted molar refractivity (Wildman–Crippen MR) is 105 cm³/mol. The summed E-state index contributed by atoms with van der Waals surface area (Å²) in [5.41, 5.74) is 0. The predicted octanol–water partition coefficient (Wildman–Crippen LogP) is -3.39. The van der Waals surface area contributed by atoms with Crippen molar-refractivity contribution in [3.05, 3.63) is 0 Å². The Morgan fingerprint density at radius 3 is 1.25 bits per heavy atom. The number of halogens is 2. The first-order chi connectivity index (χ1) is 12.1. The van der Waals surface area contributed by atoms with Crippen LogP contribution in [0.1, 0.15) is 52.4 Å². The van der Waals surface area contributed by atoms with Crippen molar-refractivity contribution in [3.63, 3.8) is 0 Å². The highest BCUT2D eigenvalue weighted by Crippen LogP contribution is 2.09. The van der Waals surface area contributed by atoms with Gasteiger partial charge in [0.2, 0.25) is 0 Å². The van der Waals surface area contributed by atoms with Gasteiger partial charge in [0.1, 0.15) is 0 Å². The summed E-state index contributed by atoms with van der Waals surface area (Å²) in [5.74, 6) is -0.211. The fourth-order valence-electron chi connectivity index (χ4n) is 2.81. The van der Waals surface area contributed by atoms with Crippen LogP contribution in [0.3, 0.4) is 0 Å². The average molecular weight is 534 g/mol. The van der Waals surface area contributed by atoms with E-state index in [0.717, 1.165) is 51.6 Å². The van der Waals surface area contributed by atoms with Gasteiger partial charge in [-0.3, -0.25) is 0 Å². The maximum Gasteiger partial charge on any atom is 0.361 e. The molecule has 0 rings (SSSR count). The van der Waals surface area contributed by atoms with Crippen LogP contribution in [0.2, 0.25) is 0 Å². The molecule has 0 aliphatic rings. The van der Waals surface area contributed by atoms with Gasteiger partial charge in [-0.25, -0.2) is 9.59 Å². The molecule has 0 saturated heterocycles. The SMILES string of the molecule is CCCOC(=O)C[N+](C)(C)CCCCCC[N+](C)(C)CC(=O)OCCC.[Br-].[Br-]. The van der Waals surface area contributed by atoms with E-state index in [1.807, 2.05) is 13.8 Å². The lowest BCUT2D eigenvalue weighted by Crippen LogP contribution is -3.00. The molecule has 6 nitrogen and oxygen atoms in total. The monoisotopic (exact) mass is 532 g/mol. The van der Waals surface area contributed by atoms with Crippen molar-refractivity contribution < 1.29 is 62.0 Å². The minimum Gasteiger partial charge on any atom is -1.00 e. The van der Waals surface area contributed by atoms with Gasteiger partial charge in [-0.2, -0.15) is 0 Å². The van der Waals surface area contributed by atoms with E-state index in [1.165, 1.54) is 0 Å². The number of likely N-dealkylation sites (N-methyl/N-ethyl adjacent to an activating group) is 2. The minimum absolute atomic E-state index is 0. The molecule has 0 aliphatic carbocycles. The van der Waals surface area contributed by atoms with Gasteiger partial charge < -0.3 is 52.4 Å². The summed E-state index contributed by atoms with van der Waals surface area (Å²) < 4.78 is 11.7. The number of rotatable bonds is 15. The molecule has 170 valence electrons. The first-order valence-corrected chi connectivity index (χ1v) is 10.1. The van der Waals surface area contributed by atoms with Crippen molar-refractivity contribution in [1.29, 1.82) is 0 Å². The normalized spacial score (nSPS) is 11.2. The van der Waals surface area contributed by atoms with Gasteiger partial charge in [0.05, 0.1) is 54.5 Å². The molecule has 0 aromatic heterocycles. The summed E-state index contributed by atoms with van der Waals surface area (Å²) in [4.78, 5) is 23.5. The Hall–Kier alpha value is -0.180. The molecule has 0 amide bonds. The van der Waals surface area contributed by atoms with E-state index in [4.69, 9.17) is 9.47 Å². The number of hydrogen-bond acceptors (Lipinski definition) is 4. The number of ether oxygens (including phenoxy) is 2. The van der Waals surface area contributed by atoms with Crippen molar-refractivity contribution in [3.8, 4) is 0 Å². The van der Waals surface area contributed by atoms with Crippen LogP contribution in [0.15, 0.2) is 0 Å². The highest BCUT2D eigenvalue weighted by atomic mass is 79.9. The second-order valence-electron chi connectivity index (χ2n) is 8.49. The molecule has 0 aromatic carbocycles. The Morgan fingerprint density at radius 1 is 0.643 bits per heavy atom. The van der Waals surface area contributed by atoms with Crippen LogP contribution in [0.4, 0.5) is 0 Å². The van der Waals surface area contributed by atoms with Crippen LogP contribution >= 0.6 is 0 Å². The van der Waals surface area contributed by atoms with Gasteiger partial charge in [0.15, 0.2) is 13.1 Å². The van der Waals surface area contributed by atoms with Crippen LogP contribution in [0.25, 0.3) is 0 Å². The molecule has 0 N–H and O–H groups in total. The molecule has 0 spiro atoms. The first-order valence-electron chi connectivity index (χ1n) is 10.1. The summed E-state index contributed by atoms with van der Waals surface area (Å²) in [7, 11) is 8.31. The number of esters is 2. The van der Waals surface area contributed by atoms with Crippen molar-refractivity contribution in [2.45, 2.75) is 52.4 Å². The van der Waals surface area contributed by atoms with E-state index in [-0.39, 0.29) is 45.9 Å². The molecule has 28 heavy (non-hydrogen) atoms. The number of carbonyl (C=O) groups excluding carboxylic acids is 2. The smallest absolute Gasteiger partial charge is 0.361 e. The molecule has 0 aliphatic heterocycles. The maximum atomic E-state index is 11.7. The van der Waals surface area contributed by atoms with Gasteiger partial charge in [-0.1, -0.05) is 13.8 Å². The van der Waals surface area contributed by atoms with Crippen molar-refractivity contribution >= 4 is 11.9 Å². The summed E-state index contributed by atoms with van der Waals surface area (Å²) in [5, 5.41) is 0. The molecule has 0 radical (unpaired) electrons. The van der Waals surface area contributed by atoms with E-state index in [0.29, 0.717) is 35.3 Å². The molecule has 0 heterocycles. The van der Waals surface area contributed by atoms with Crippen molar-refractivity contribution in [1.82, 2.24) is 0 Å². The lowest BCUT2D eigenvalue weighted by molar-refractivity contribution is -0.884. The zero-order valence-corrected chi connectivity index (χ0v) is 21.9. The standard InChI is InChI=1S/C20H42N2O4.2BrH/c1-7-15-25-19(23)17-21(3,4)13-11-9-10-12-14-22(5,6)18-20(24)26-16-8-2;;/h7-18H2,1-6H3;2*1H/q+2;;/p-2. The Morgan fingerprint density at radius 2 is 0.964 bits per heavy atom. The molecule has 0 fully saturated rings. The van der Waals surface area contributed by atoms with E-state index < -0.39 is 0 Å². The number of nitrogens with zero attached hydrogens (tertiary/aromatic N) is 2. The molecule has 0 saturated carbocycles. The second kappa shape index (κ2) is 17.7. The highest BCUT2D eigenvalue weighted by Gasteiger charge is 2.22. The summed E-state index contributed by atoms with van der Waals surface area (Å²) >= 11 is 0. The molecular weight excluding hydrogens is 492 g/mol. The van der Waals surface area contributed by atoms with Crippen molar-refractivity contribution in [2.24, 2.45) is 0 Å². The number of carbonyl (C=O) groups is 2. The van der Waals surface area contributed by atoms with Crippen molar-refractivity contribution in [2.75, 3.05) is 67.6 Å². The van der Waals surface area contributed by atoms with E-state index in [2.05, 4.69) is 28.2 Å². The molecule has 0 aromatic rings. The molecule has 0 bridgehead atoms. The van der Waals surface area contributed by atoms with Crippen LogP contribution in [-0.2, 0) is 19.1 Å². The Balaban J connectivity index is -0.00000312. The highest BCUT2D eigenvalue weighted by molar-refractivity contribution is 5.70. The molecule has 0 unspecified atom stereocenters. The number of quaternary nitrogens is 2. The van der Waals surface area contributed by atoms with Gasteiger partial charge in [-0.05, 0) is 38.5 Å². The molecular formula is C20H42Br2N2O4. The van der Waals surface area contributed by atoms with E-state index in [9.17, 15) is 9.59 Å². The third kappa shape index (κ3) is 19.2. The lowest BCUT2D eigenvalue weighted by atomic mass is 10.1. The van der Waals surface area contributed by atoms with Gasteiger partial charge in [0.25, 0.3) is 0 Å². The maximum absolute atomic E-state index is 11.7. The Kier molecular flexibility index (Phi) is 20.5. The third-order valence-corrected chi connectivity index (χ3v) is 4.33. The fourth-order valence-corrected chi connectivity index (χ4v) is 2.81. The van der Waals surface area contributed by atoms with Crippen LogP contribution in [-0.4, -0.2) is 88.5 Å². The quantitative estimate of drug-likeness (QED) is 0.125. The van der Waals surface area contributed by atoms with E-state index >= 15 is 0 Å². The lowest BCUT2D eigenvalue weighted by Gasteiger charge is -2.29. The zero-order chi connectivity index (χ0) is 20.1. The second-order valence-corrected chi connectivity index (χ2v) is 8.49. The first kappa shape index (κ1) is 32.5. The third-order valence-electron chi connectivity index (χ3n) is 4.33. The average Bonchev–Trinajstić information content (AvgIpc) is 2.53. The van der Waals surface area contributed by atoms with Crippen LogP contribution in [0.5, 0.6) is 0 Å². The largest absolute Gasteiger partial charge is 1.00 e. The number of unbranched alkanes of at least 4 members (excludes halogenated alkanes) is 3. The Bertz CT molecular complexity index is 381. The van der Waals surface area contributed by atoms with Gasteiger partial charge in [0, 0.05) is 0 Å². The summed E-state index contributed by atoms with van der Waals surface area (Å²) in [6.07, 6.45) is 6.21. The van der Waals surface area contributed by atoms with Crippen LogP contribution in [0, 0.1) is 0 Å². The van der Waals surface area contributed by atoms with E-state index in [1.54, 1.807) is 0 Å². The molecule has 0 atom stereocenters. The minimum atomic E-state index is -0.106. The Labute approximate surface area is 193 Å². The fraction of sp³-hybridized carbons (Fsp3) is 0.900. The zero-order valence-electron chi connectivity index (χ0n) is 18.8. The topological polar surface area (TPSA) is 52.6 Å². The van der Waals surface area contributed by atoms with Gasteiger partial charge >= 0.3 is 11.9 Å². The number of hydrogen-bond donors (Lipinski definition) is 0. The summed E-state index contributed by atoms with van der Waals surface area (Å²) in [6, 6.07) is 0. The summed E-state index contributed by atoms with van der Waals surface area (Å²) in [6.45, 7) is 7.85. The van der Waals surface area contributed by atoms with Crippen LogP contribution < -0.4 is 34.0 Å². The molecule has 8 heteroatoms. The van der Waals surface area contributed by atoms with Gasteiger partial charge in [-0.15, -0.1) is 0 Å².